The second kappa shape index (κ2) is 6.51. The first-order valence-corrected chi connectivity index (χ1v) is 8.10. The van der Waals surface area contributed by atoms with E-state index < -0.39 is 11.7 Å². The van der Waals surface area contributed by atoms with Crippen LogP contribution >= 0.6 is 0 Å². The zero-order chi connectivity index (χ0) is 18.9. The molecule has 3 rings (SSSR count). The largest absolute Gasteiger partial charge is 0.444 e. The smallest absolute Gasteiger partial charge is 0.412 e. The minimum atomic E-state index is -0.596. The van der Waals surface area contributed by atoms with Gasteiger partial charge in [0.1, 0.15) is 11.9 Å². The molecule has 0 aliphatic carbocycles. The predicted octanol–water partition coefficient (Wildman–Crippen LogP) is 3.31. The Labute approximate surface area is 150 Å². The molecule has 7 heteroatoms. The fourth-order valence-corrected chi connectivity index (χ4v) is 2.48. The van der Waals surface area contributed by atoms with E-state index in [1.807, 2.05) is 0 Å². The van der Waals surface area contributed by atoms with Crippen LogP contribution in [0.4, 0.5) is 16.2 Å². The summed E-state index contributed by atoms with van der Waals surface area (Å²) in [5.74, 6) is 0. The summed E-state index contributed by atoms with van der Waals surface area (Å²) in [7, 11) is 0. The van der Waals surface area contributed by atoms with Crippen LogP contribution in [0, 0.1) is 0 Å². The zero-order valence-corrected chi connectivity index (χ0v) is 14.8. The molecule has 1 aromatic heterocycles. The molecule has 0 radical (unpaired) electrons. The molecule has 0 saturated heterocycles. The third-order valence-electron chi connectivity index (χ3n) is 3.55. The van der Waals surface area contributed by atoms with Gasteiger partial charge in [-0.25, -0.2) is 9.78 Å². The van der Waals surface area contributed by atoms with E-state index in [4.69, 9.17) is 10.5 Å². The lowest BCUT2D eigenvalue weighted by Gasteiger charge is -2.19. The predicted molar refractivity (Wildman–Crippen MR) is 102 cm³/mol. The fourth-order valence-electron chi connectivity index (χ4n) is 2.48. The van der Waals surface area contributed by atoms with E-state index >= 15 is 0 Å². The molecule has 0 atom stereocenters. The Bertz CT molecular complexity index is 1030. The molecule has 2 aromatic carbocycles. The van der Waals surface area contributed by atoms with Crippen molar-refractivity contribution in [1.29, 1.82) is 0 Å². The van der Waals surface area contributed by atoms with Crippen molar-refractivity contribution < 1.29 is 9.53 Å². The number of ether oxygens (including phenoxy) is 1. The third-order valence-corrected chi connectivity index (χ3v) is 3.55. The number of nitrogens with one attached hydrogen (secondary N) is 1. The van der Waals surface area contributed by atoms with Crippen molar-refractivity contribution in [2.45, 2.75) is 26.4 Å². The van der Waals surface area contributed by atoms with Gasteiger partial charge in [-0.05, 0) is 57.2 Å². The number of nitrogens with two attached hydrogens (primary N) is 1. The van der Waals surface area contributed by atoms with Gasteiger partial charge in [0.05, 0.1) is 16.6 Å². The van der Waals surface area contributed by atoms with E-state index in [1.165, 1.54) is 10.9 Å². The SMILES string of the molecule is CC(C)(C)OC(=O)Nc1cccc(-n2cnc3ccc(N)cc3c2=O)c1. The van der Waals surface area contributed by atoms with Crippen molar-refractivity contribution in [3.05, 3.63) is 59.1 Å². The molecular formula is C19H20N4O3. The van der Waals surface area contributed by atoms with Crippen LogP contribution < -0.4 is 16.6 Å². The van der Waals surface area contributed by atoms with Crippen LogP contribution in [0.15, 0.2) is 53.6 Å². The topological polar surface area (TPSA) is 99.2 Å². The highest BCUT2D eigenvalue weighted by Crippen LogP contribution is 2.17. The summed E-state index contributed by atoms with van der Waals surface area (Å²) in [6, 6.07) is 11.9. The van der Waals surface area contributed by atoms with Gasteiger partial charge < -0.3 is 10.5 Å². The number of fused-ring (bicyclic) bond motifs is 1. The van der Waals surface area contributed by atoms with Gasteiger partial charge >= 0.3 is 6.09 Å². The molecule has 134 valence electrons. The standard InChI is InChI=1S/C19H20N4O3/c1-19(2,3)26-18(25)22-13-5-4-6-14(10-13)23-11-21-16-8-7-12(20)9-15(16)17(23)24/h4-11H,20H2,1-3H3,(H,22,25). The van der Waals surface area contributed by atoms with E-state index in [0.29, 0.717) is 28.0 Å². The number of aromatic nitrogens is 2. The Morgan fingerprint density at radius 3 is 2.69 bits per heavy atom. The summed E-state index contributed by atoms with van der Waals surface area (Å²) in [5, 5.41) is 3.09. The molecule has 0 unspecified atom stereocenters. The third kappa shape index (κ3) is 3.83. The number of benzene rings is 2. The lowest BCUT2D eigenvalue weighted by Crippen LogP contribution is -2.27. The van der Waals surface area contributed by atoms with Crippen LogP contribution in [0.25, 0.3) is 16.6 Å². The van der Waals surface area contributed by atoms with Crippen molar-refractivity contribution in [3.8, 4) is 5.69 Å². The highest BCUT2D eigenvalue weighted by atomic mass is 16.6. The van der Waals surface area contributed by atoms with Crippen LogP contribution in [-0.2, 0) is 4.74 Å². The molecule has 0 fully saturated rings. The Morgan fingerprint density at radius 1 is 1.19 bits per heavy atom. The van der Waals surface area contributed by atoms with Crippen LogP contribution in [0.2, 0.25) is 0 Å². The number of rotatable bonds is 2. The molecular weight excluding hydrogens is 332 g/mol. The first-order chi connectivity index (χ1) is 12.2. The summed E-state index contributed by atoms with van der Waals surface area (Å²) in [6.07, 6.45) is 0.888. The number of hydrogen-bond acceptors (Lipinski definition) is 5. The second-order valence-corrected chi connectivity index (χ2v) is 6.87. The normalized spacial score (nSPS) is 11.3. The number of carbonyl (C=O) groups excluding carboxylic acids is 1. The molecule has 7 nitrogen and oxygen atoms in total. The fraction of sp³-hybridized carbons (Fsp3) is 0.211. The van der Waals surface area contributed by atoms with E-state index in [0.717, 1.165) is 0 Å². The van der Waals surface area contributed by atoms with Crippen LogP contribution in [-0.4, -0.2) is 21.2 Å². The monoisotopic (exact) mass is 352 g/mol. The van der Waals surface area contributed by atoms with Gasteiger partial charge in [0, 0.05) is 11.4 Å². The summed E-state index contributed by atoms with van der Waals surface area (Å²) < 4.78 is 6.64. The first-order valence-electron chi connectivity index (χ1n) is 8.10. The summed E-state index contributed by atoms with van der Waals surface area (Å²) >= 11 is 0. The summed E-state index contributed by atoms with van der Waals surface area (Å²) in [6.45, 7) is 5.36. The molecule has 0 bridgehead atoms. The number of anilines is 2. The van der Waals surface area contributed by atoms with Gasteiger partial charge in [-0.3, -0.25) is 14.7 Å². The van der Waals surface area contributed by atoms with Crippen molar-refractivity contribution in [2.75, 3.05) is 11.1 Å². The lowest BCUT2D eigenvalue weighted by atomic mass is 10.2. The van der Waals surface area contributed by atoms with Crippen LogP contribution in [0.3, 0.4) is 0 Å². The van der Waals surface area contributed by atoms with Crippen LogP contribution in [0.1, 0.15) is 20.8 Å². The lowest BCUT2D eigenvalue weighted by molar-refractivity contribution is 0.0636. The number of amides is 1. The van der Waals surface area contributed by atoms with Gasteiger partial charge in [0.25, 0.3) is 5.56 Å². The Balaban J connectivity index is 1.96. The van der Waals surface area contributed by atoms with Crippen molar-refractivity contribution in [3.63, 3.8) is 0 Å². The number of nitrogen functional groups attached to an aromatic ring is 1. The molecule has 0 aliphatic rings. The van der Waals surface area contributed by atoms with Crippen LogP contribution in [0.5, 0.6) is 0 Å². The summed E-state index contributed by atoms with van der Waals surface area (Å²) in [5.41, 5.74) is 7.09. The molecule has 0 saturated carbocycles. The van der Waals surface area contributed by atoms with Gasteiger partial charge in [0.2, 0.25) is 0 Å². The van der Waals surface area contributed by atoms with Gasteiger partial charge in [-0.2, -0.15) is 0 Å². The molecule has 0 aliphatic heterocycles. The maximum atomic E-state index is 12.8. The molecule has 1 amide bonds. The second-order valence-electron chi connectivity index (χ2n) is 6.87. The minimum absolute atomic E-state index is 0.239. The number of nitrogens with zero attached hydrogens (tertiary/aromatic N) is 2. The Morgan fingerprint density at radius 2 is 1.96 bits per heavy atom. The van der Waals surface area contributed by atoms with Gasteiger partial charge in [-0.1, -0.05) is 6.07 Å². The van der Waals surface area contributed by atoms with E-state index in [2.05, 4.69) is 10.3 Å². The maximum Gasteiger partial charge on any atom is 0.412 e. The van der Waals surface area contributed by atoms with Crippen molar-refractivity contribution in [2.24, 2.45) is 0 Å². The number of hydrogen-bond donors (Lipinski definition) is 2. The minimum Gasteiger partial charge on any atom is -0.444 e. The Kier molecular flexibility index (Phi) is 4.38. The van der Waals surface area contributed by atoms with E-state index in [1.54, 1.807) is 63.2 Å². The number of carbonyl (C=O) groups is 1. The maximum absolute atomic E-state index is 12.8. The average Bonchev–Trinajstić information content (AvgIpc) is 2.54. The van der Waals surface area contributed by atoms with Gasteiger partial charge in [0.15, 0.2) is 0 Å². The van der Waals surface area contributed by atoms with Gasteiger partial charge in [-0.15, -0.1) is 0 Å². The van der Waals surface area contributed by atoms with E-state index in [9.17, 15) is 9.59 Å². The van der Waals surface area contributed by atoms with Crippen molar-refractivity contribution >= 4 is 28.4 Å². The summed E-state index contributed by atoms with van der Waals surface area (Å²) in [4.78, 5) is 29.0. The molecule has 1 heterocycles. The zero-order valence-electron chi connectivity index (χ0n) is 14.8. The Hall–Kier alpha value is -3.35. The highest BCUT2D eigenvalue weighted by molar-refractivity contribution is 5.85. The molecule has 26 heavy (non-hydrogen) atoms. The highest BCUT2D eigenvalue weighted by Gasteiger charge is 2.16. The first kappa shape index (κ1) is 17.5. The van der Waals surface area contributed by atoms with Crippen molar-refractivity contribution in [1.82, 2.24) is 9.55 Å². The average molecular weight is 352 g/mol. The molecule has 0 spiro atoms. The molecule has 3 aromatic rings. The van der Waals surface area contributed by atoms with E-state index in [-0.39, 0.29) is 5.56 Å². The molecule has 3 N–H and O–H groups in total. The quantitative estimate of drug-likeness (QED) is 0.689.